The summed E-state index contributed by atoms with van der Waals surface area (Å²) in [7, 11) is 0. The number of aromatic nitrogens is 5. The topological polar surface area (TPSA) is 96.4 Å². The van der Waals surface area contributed by atoms with Crippen molar-refractivity contribution < 1.29 is 0 Å². The van der Waals surface area contributed by atoms with E-state index in [1.54, 1.807) is 0 Å². The summed E-state index contributed by atoms with van der Waals surface area (Å²) in [6, 6.07) is 9.75. The van der Waals surface area contributed by atoms with Crippen molar-refractivity contribution >= 4 is 11.0 Å². The number of rotatable bonds is 3. The van der Waals surface area contributed by atoms with Crippen LogP contribution < -0.4 is 11.0 Å². The maximum atomic E-state index is 13.2. The molecule has 0 aliphatic carbocycles. The fraction of sp³-hybridized carbons (Fsp3) is 0.238. The molecule has 4 rings (SSSR count). The SMILES string of the molecule is Cc1cc(C)nc(-n2[nH]c3[nH]c(C)c(Cc4ccccc4C)c(=O)c3c2=O)n1. The van der Waals surface area contributed by atoms with Crippen molar-refractivity contribution in [1.29, 1.82) is 0 Å². The molecule has 3 heterocycles. The number of aryl methyl sites for hydroxylation is 4. The average Bonchev–Trinajstić information content (AvgIpc) is 2.95. The molecule has 0 bridgehead atoms. The number of hydrogen-bond donors (Lipinski definition) is 2. The van der Waals surface area contributed by atoms with Gasteiger partial charge in [-0.2, -0.15) is 4.68 Å². The average molecular weight is 375 g/mol. The summed E-state index contributed by atoms with van der Waals surface area (Å²) in [5.41, 5.74) is 4.64. The van der Waals surface area contributed by atoms with Gasteiger partial charge in [0, 0.05) is 29.1 Å². The van der Waals surface area contributed by atoms with Gasteiger partial charge in [-0.05, 0) is 44.9 Å². The predicted octanol–water partition coefficient (Wildman–Crippen LogP) is 2.62. The van der Waals surface area contributed by atoms with Crippen LogP contribution in [0.5, 0.6) is 0 Å². The summed E-state index contributed by atoms with van der Waals surface area (Å²) >= 11 is 0. The molecule has 0 fully saturated rings. The zero-order valence-electron chi connectivity index (χ0n) is 16.3. The van der Waals surface area contributed by atoms with Crippen LogP contribution in [0.25, 0.3) is 17.0 Å². The van der Waals surface area contributed by atoms with Gasteiger partial charge in [0.25, 0.3) is 11.5 Å². The Kier molecular flexibility index (Phi) is 4.22. The van der Waals surface area contributed by atoms with Gasteiger partial charge in [-0.25, -0.2) is 9.97 Å². The Morgan fingerprint density at radius 2 is 1.68 bits per heavy atom. The summed E-state index contributed by atoms with van der Waals surface area (Å²) in [5, 5.41) is 3.04. The lowest BCUT2D eigenvalue weighted by molar-refractivity contribution is 0.777. The minimum absolute atomic E-state index is 0.0944. The highest BCUT2D eigenvalue weighted by molar-refractivity contribution is 5.75. The second-order valence-electron chi connectivity index (χ2n) is 7.11. The molecule has 142 valence electrons. The van der Waals surface area contributed by atoms with Crippen molar-refractivity contribution in [3.05, 3.63) is 84.7 Å². The molecule has 0 saturated carbocycles. The molecule has 0 aliphatic heterocycles. The monoisotopic (exact) mass is 375 g/mol. The lowest BCUT2D eigenvalue weighted by atomic mass is 9.99. The number of pyridine rings is 1. The molecule has 0 saturated heterocycles. The van der Waals surface area contributed by atoms with Crippen molar-refractivity contribution in [3.63, 3.8) is 0 Å². The minimum Gasteiger partial charge on any atom is -0.343 e. The first-order valence-electron chi connectivity index (χ1n) is 9.09. The van der Waals surface area contributed by atoms with Gasteiger partial charge in [0.05, 0.1) is 0 Å². The van der Waals surface area contributed by atoms with E-state index >= 15 is 0 Å². The molecule has 7 heteroatoms. The van der Waals surface area contributed by atoms with E-state index in [1.807, 2.05) is 58.0 Å². The Morgan fingerprint density at radius 1 is 1.00 bits per heavy atom. The first-order valence-corrected chi connectivity index (χ1v) is 9.09. The third kappa shape index (κ3) is 2.94. The van der Waals surface area contributed by atoms with E-state index in [4.69, 9.17) is 0 Å². The molecule has 0 spiro atoms. The van der Waals surface area contributed by atoms with Gasteiger partial charge in [-0.1, -0.05) is 24.3 Å². The van der Waals surface area contributed by atoms with Crippen molar-refractivity contribution in [1.82, 2.24) is 24.7 Å². The molecular formula is C21H21N5O2. The predicted molar refractivity (Wildman–Crippen MR) is 108 cm³/mol. The van der Waals surface area contributed by atoms with Gasteiger partial charge in [0.15, 0.2) is 5.43 Å². The van der Waals surface area contributed by atoms with E-state index in [0.717, 1.165) is 28.2 Å². The molecule has 3 aromatic heterocycles. The number of nitrogens with one attached hydrogen (secondary N) is 2. The molecular weight excluding hydrogens is 354 g/mol. The van der Waals surface area contributed by atoms with E-state index in [-0.39, 0.29) is 16.8 Å². The van der Waals surface area contributed by atoms with Crippen molar-refractivity contribution in [2.24, 2.45) is 0 Å². The molecule has 28 heavy (non-hydrogen) atoms. The van der Waals surface area contributed by atoms with Gasteiger partial charge in [0.1, 0.15) is 11.0 Å². The third-order valence-corrected chi connectivity index (χ3v) is 4.96. The largest absolute Gasteiger partial charge is 0.343 e. The molecule has 0 amide bonds. The maximum Gasteiger partial charge on any atom is 0.287 e. The number of nitrogens with zero attached hydrogens (tertiary/aromatic N) is 3. The summed E-state index contributed by atoms with van der Waals surface area (Å²) in [6.07, 6.45) is 0.467. The van der Waals surface area contributed by atoms with Crippen LogP contribution in [0.2, 0.25) is 0 Å². The van der Waals surface area contributed by atoms with Crippen LogP contribution in [0.15, 0.2) is 39.9 Å². The number of aromatic amines is 2. The second kappa shape index (κ2) is 6.60. The van der Waals surface area contributed by atoms with Gasteiger partial charge in [-0.3, -0.25) is 14.7 Å². The van der Waals surface area contributed by atoms with Crippen molar-refractivity contribution in [2.75, 3.05) is 0 Å². The highest BCUT2D eigenvalue weighted by Crippen LogP contribution is 2.15. The Morgan fingerprint density at radius 3 is 2.36 bits per heavy atom. The Bertz CT molecular complexity index is 1310. The number of benzene rings is 1. The molecule has 0 atom stereocenters. The maximum absolute atomic E-state index is 13.2. The van der Waals surface area contributed by atoms with Crippen LogP contribution in [0.1, 0.15) is 33.8 Å². The lowest BCUT2D eigenvalue weighted by Crippen LogP contribution is -2.22. The van der Waals surface area contributed by atoms with Gasteiger partial charge in [-0.15, -0.1) is 0 Å². The summed E-state index contributed by atoms with van der Waals surface area (Å²) in [4.78, 5) is 38.0. The highest BCUT2D eigenvalue weighted by atomic mass is 16.1. The van der Waals surface area contributed by atoms with Crippen LogP contribution in [-0.4, -0.2) is 24.7 Å². The van der Waals surface area contributed by atoms with E-state index in [1.165, 1.54) is 4.68 Å². The summed E-state index contributed by atoms with van der Waals surface area (Å²) in [5.74, 6) is 0.226. The Hall–Kier alpha value is -3.48. The van der Waals surface area contributed by atoms with Crippen LogP contribution in [0.4, 0.5) is 0 Å². The zero-order valence-corrected chi connectivity index (χ0v) is 16.3. The fourth-order valence-electron chi connectivity index (χ4n) is 3.48. The fourth-order valence-corrected chi connectivity index (χ4v) is 3.48. The number of hydrogen-bond acceptors (Lipinski definition) is 4. The Labute approximate surface area is 161 Å². The molecule has 1 aromatic carbocycles. The zero-order chi connectivity index (χ0) is 20.0. The Balaban J connectivity index is 1.92. The van der Waals surface area contributed by atoms with Crippen LogP contribution in [0, 0.1) is 27.7 Å². The second-order valence-corrected chi connectivity index (χ2v) is 7.11. The minimum atomic E-state index is -0.452. The first kappa shape index (κ1) is 17.9. The van der Waals surface area contributed by atoms with Crippen LogP contribution in [-0.2, 0) is 6.42 Å². The summed E-state index contributed by atoms with van der Waals surface area (Å²) in [6.45, 7) is 7.53. The molecule has 2 N–H and O–H groups in total. The van der Waals surface area contributed by atoms with E-state index in [2.05, 4.69) is 20.1 Å². The van der Waals surface area contributed by atoms with E-state index in [9.17, 15) is 9.59 Å². The molecule has 7 nitrogen and oxygen atoms in total. The normalized spacial score (nSPS) is 11.3. The smallest absolute Gasteiger partial charge is 0.287 e. The van der Waals surface area contributed by atoms with Crippen molar-refractivity contribution in [3.8, 4) is 5.95 Å². The summed E-state index contributed by atoms with van der Waals surface area (Å²) < 4.78 is 1.22. The number of H-pyrrole nitrogens is 2. The van der Waals surface area contributed by atoms with Gasteiger partial charge in [0.2, 0.25) is 0 Å². The van der Waals surface area contributed by atoms with Gasteiger partial charge >= 0.3 is 0 Å². The molecule has 0 aliphatic rings. The first-order chi connectivity index (χ1) is 13.3. The highest BCUT2D eigenvalue weighted by Gasteiger charge is 2.19. The van der Waals surface area contributed by atoms with E-state index in [0.29, 0.717) is 17.6 Å². The lowest BCUT2D eigenvalue weighted by Gasteiger charge is -2.08. The number of fused-ring (bicyclic) bond motifs is 1. The molecule has 0 radical (unpaired) electrons. The van der Waals surface area contributed by atoms with E-state index < -0.39 is 5.56 Å². The quantitative estimate of drug-likeness (QED) is 0.575. The third-order valence-electron chi connectivity index (χ3n) is 4.96. The van der Waals surface area contributed by atoms with Crippen molar-refractivity contribution in [2.45, 2.75) is 34.1 Å². The van der Waals surface area contributed by atoms with Crippen LogP contribution in [0.3, 0.4) is 0 Å². The molecule has 0 unspecified atom stereocenters. The molecule has 4 aromatic rings. The van der Waals surface area contributed by atoms with Gasteiger partial charge < -0.3 is 4.98 Å². The standard InChI is InChI=1S/C21H21N5O2/c1-11-7-5-6-8-15(11)10-16-14(4)24-19-17(18(16)27)20(28)26(25-19)21-22-12(2)9-13(3)23-21/h5-9H,10H2,1-4H3,(H2,24,25,27). The van der Waals surface area contributed by atoms with Crippen LogP contribution >= 0.6 is 0 Å².